The lowest BCUT2D eigenvalue weighted by atomic mass is 9.94. The third-order valence-electron chi connectivity index (χ3n) is 6.99. The van der Waals surface area contributed by atoms with Gasteiger partial charge in [0, 0.05) is 31.0 Å². The summed E-state index contributed by atoms with van der Waals surface area (Å²) in [5, 5.41) is 11.5. The van der Waals surface area contributed by atoms with Crippen molar-refractivity contribution in [1.82, 2.24) is 14.5 Å². The van der Waals surface area contributed by atoms with E-state index in [1.807, 2.05) is 10.8 Å². The minimum Gasteiger partial charge on any atom is -0.507 e. The van der Waals surface area contributed by atoms with Gasteiger partial charge in [0.25, 0.3) is 11.7 Å². The van der Waals surface area contributed by atoms with Gasteiger partial charge < -0.3 is 33.5 Å². The first-order chi connectivity index (χ1) is 19.5. The number of aromatic nitrogens is 2. The molecule has 0 aliphatic carbocycles. The lowest BCUT2D eigenvalue weighted by Gasteiger charge is -2.26. The Morgan fingerprint density at radius 2 is 1.88 bits per heavy atom. The number of likely N-dealkylation sites (tertiary alicyclic amines) is 1. The van der Waals surface area contributed by atoms with E-state index in [0.717, 1.165) is 12.8 Å². The number of aryl methyl sites for hydroxylation is 1. The summed E-state index contributed by atoms with van der Waals surface area (Å²) in [4.78, 5) is 32.4. The minimum atomic E-state index is -0.824. The van der Waals surface area contributed by atoms with Gasteiger partial charge in [-0.3, -0.25) is 9.59 Å². The van der Waals surface area contributed by atoms with Crippen molar-refractivity contribution in [3.05, 3.63) is 71.8 Å². The summed E-state index contributed by atoms with van der Waals surface area (Å²) < 4.78 is 24.7. The van der Waals surface area contributed by atoms with Crippen molar-refractivity contribution in [2.75, 3.05) is 33.5 Å². The maximum atomic E-state index is 13.5. The predicted octanol–water partition coefficient (Wildman–Crippen LogP) is 4.35. The third kappa shape index (κ3) is 5.47. The maximum absolute atomic E-state index is 13.5. The number of amides is 1. The number of Topliss-reactive ketones (excluding diaryl/α,β-unsaturated/α-hetero) is 1. The third-order valence-corrected chi connectivity index (χ3v) is 6.99. The highest BCUT2D eigenvalue weighted by molar-refractivity contribution is 6.46. The number of aliphatic hydroxyl groups is 1. The zero-order chi connectivity index (χ0) is 28.1. The number of hydrogen-bond acceptors (Lipinski definition) is 8. The number of nitrogens with zero attached hydrogens (tertiary/aromatic N) is 3. The van der Waals surface area contributed by atoms with Gasteiger partial charge >= 0.3 is 0 Å². The molecule has 10 nitrogen and oxygen atoms in total. The first-order valence-corrected chi connectivity index (χ1v) is 13.5. The molecule has 2 aromatic carbocycles. The number of unbranched alkanes of at least 4 members (excludes halogenated alkanes) is 1. The van der Waals surface area contributed by atoms with Crippen LogP contribution in [-0.4, -0.2) is 64.7 Å². The van der Waals surface area contributed by atoms with Crippen molar-refractivity contribution in [1.29, 1.82) is 0 Å². The number of hydrogen-bond donors (Lipinski definition) is 1. The van der Waals surface area contributed by atoms with Crippen LogP contribution in [0.1, 0.15) is 43.4 Å². The Bertz CT molecular complexity index is 1400. The molecule has 2 aliphatic rings. The van der Waals surface area contributed by atoms with Crippen molar-refractivity contribution >= 4 is 17.4 Å². The highest BCUT2D eigenvalue weighted by Gasteiger charge is 2.46. The Morgan fingerprint density at radius 3 is 2.62 bits per heavy atom. The smallest absolute Gasteiger partial charge is 0.295 e. The SMILES string of the molecule is CCCCOc1ccc([C@H]2/C(=C(\O)c3ccc4c(c3)OCCO4)C(=O)C(=O)N2CCCn2ccnc2)cc1OC. The number of aliphatic hydroxyl groups excluding tert-OH is 1. The van der Waals surface area contributed by atoms with E-state index >= 15 is 0 Å². The normalized spacial score (nSPS) is 17.8. The molecule has 1 fully saturated rings. The second-order valence-corrected chi connectivity index (χ2v) is 9.62. The number of ketones is 1. The molecule has 0 unspecified atom stereocenters. The van der Waals surface area contributed by atoms with Crippen LogP contribution < -0.4 is 18.9 Å². The van der Waals surface area contributed by atoms with Gasteiger partial charge in [0.15, 0.2) is 23.0 Å². The lowest BCUT2D eigenvalue weighted by molar-refractivity contribution is -0.139. The van der Waals surface area contributed by atoms with E-state index in [2.05, 4.69) is 11.9 Å². The topological polar surface area (TPSA) is 112 Å². The van der Waals surface area contributed by atoms with E-state index in [1.165, 1.54) is 4.90 Å². The monoisotopic (exact) mass is 547 g/mol. The Kier molecular flexibility index (Phi) is 8.23. The van der Waals surface area contributed by atoms with Crippen LogP contribution in [0, 0.1) is 0 Å². The number of methoxy groups -OCH3 is 1. The molecule has 1 amide bonds. The molecule has 3 heterocycles. The van der Waals surface area contributed by atoms with Crippen LogP contribution in [0.4, 0.5) is 0 Å². The van der Waals surface area contributed by atoms with Gasteiger partial charge in [-0.25, -0.2) is 4.98 Å². The van der Waals surface area contributed by atoms with Crippen LogP contribution in [0.15, 0.2) is 60.7 Å². The van der Waals surface area contributed by atoms with Crippen molar-refractivity contribution in [2.24, 2.45) is 0 Å². The van der Waals surface area contributed by atoms with E-state index in [0.29, 0.717) is 73.5 Å². The van der Waals surface area contributed by atoms with Crippen LogP contribution >= 0.6 is 0 Å². The second-order valence-electron chi connectivity index (χ2n) is 9.62. The molecule has 3 aromatic rings. The quantitative estimate of drug-likeness (QED) is 0.163. The van der Waals surface area contributed by atoms with E-state index in [9.17, 15) is 14.7 Å². The molecule has 0 spiro atoms. The van der Waals surface area contributed by atoms with Crippen molar-refractivity contribution in [3.8, 4) is 23.0 Å². The van der Waals surface area contributed by atoms with E-state index in [4.69, 9.17) is 18.9 Å². The van der Waals surface area contributed by atoms with Gasteiger partial charge in [-0.1, -0.05) is 19.4 Å². The number of fused-ring (bicyclic) bond motifs is 1. The van der Waals surface area contributed by atoms with Crippen molar-refractivity contribution in [3.63, 3.8) is 0 Å². The molecule has 1 atom stereocenters. The molecule has 10 heteroatoms. The van der Waals surface area contributed by atoms with Crippen LogP contribution in [0.3, 0.4) is 0 Å². The zero-order valence-corrected chi connectivity index (χ0v) is 22.7. The first-order valence-electron chi connectivity index (χ1n) is 13.5. The molecule has 0 radical (unpaired) electrons. The number of rotatable bonds is 11. The highest BCUT2D eigenvalue weighted by Crippen LogP contribution is 2.43. The molecule has 1 N–H and O–H groups in total. The number of ether oxygens (including phenoxy) is 4. The molecule has 1 aromatic heterocycles. The average molecular weight is 548 g/mol. The van der Waals surface area contributed by atoms with E-state index in [-0.39, 0.29) is 11.3 Å². The molecule has 40 heavy (non-hydrogen) atoms. The van der Waals surface area contributed by atoms with Gasteiger partial charge in [0.1, 0.15) is 19.0 Å². The summed E-state index contributed by atoms with van der Waals surface area (Å²) in [6.45, 7) is 4.35. The Labute approximate surface area is 232 Å². The Hall–Kier alpha value is -4.47. The van der Waals surface area contributed by atoms with Gasteiger partial charge in [0.05, 0.1) is 31.7 Å². The summed E-state index contributed by atoms with van der Waals surface area (Å²) in [6, 6.07) is 9.48. The Balaban J connectivity index is 1.54. The van der Waals surface area contributed by atoms with Crippen molar-refractivity contribution < 1.29 is 33.6 Å². The largest absolute Gasteiger partial charge is 0.507 e. The minimum absolute atomic E-state index is 0.00557. The maximum Gasteiger partial charge on any atom is 0.295 e. The fourth-order valence-corrected chi connectivity index (χ4v) is 4.95. The number of carbonyl (C=O) groups is 2. The number of imidazole rings is 1. The number of carbonyl (C=O) groups excluding carboxylic acids is 2. The molecule has 210 valence electrons. The van der Waals surface area contributed by atoms with E-state index in [1.54, 1.807) is 56.0 Å². The summed E-state index contributed by atoms with van der Waals surface area (Å²) in [5.41, 5.74) is 0.990. The molecular weight excluding hydrogens is 514 g/mol. The fourth-order valence-electron chi connectivity index (χ4n) is 4.95. The van der Waals surface area contributed by atoms with E-state index < -0.39 is 17.7 Å². The van der Waals surface area contributed by atoms with Gasteiger partial charge in [-0.2, -0.15) is 0 Å². The molecule has 0 saturated carbocycles. The molecule has 0 bridgehead atoms. The lowest BCUT2D eigenvalue weighted by Crippen LogP contribution is -2.31. The van der Waals surface area contributed by atoms with Crippen molar-refractivity contribution in [2.45, 2.75) is 38.8 Å². The predicted molar refractivity (Wildman–Crippen MR) is 147 cm³/mol. The Morgan fingerprint density at radius 1 is 1.05 bits per heavy atom. The molecule has 5 rings (SSSR count). The summed E-state index contributed by atoms with van der Waals surface area (Å²) in [5.74, 6) is 0.388. The zero-order valence-electron chi connectivity index (χ0n) is 22.7. The highest BCUT2D eigenvalue weighted by atomic mass is 16.6. The van der Waals surface area contributed by atoms with Gasteiger partial charge in [-0.15, -0.1) is 0 Å². The van der Waals surface area contributed by atoms with Crippen LogP contribution in [-0.2, 0) is 16.1 Å². The fraction of sp³-hybridized carbons (Fsp3) is 0.367. The molecular formula is C30H33N3O7. The standard InChI is InChI=1S/C30H33N3O7/c1-3-4-14-38-22-8-6-20(17-24(22)37-2)27-26(28(34)21-7-9-23-25(18-21)40-16-15-39-23)29(35)30(36)33(27)12-5-11-32-13-10-31-19-32/h6-10,13,17-19,27,34H,3-5,11-12,14-16H2,1-2H3/b28-26+/t27-/m0/s1. The van der Waals surface area contributed by atoms with Crippen LogP contribution in [0.5, 0.6) is 23.0 Å². The summed E-state index contributed by atoms with van der Waals surface area (Å²) in [6.07, 6.45) is 7.71. The first kappa shape index (κ1) is 27.1. The summed E-state index contributed by atoms with van der Waals surface area (Å²) >= 11 is 0. The van der Waals surface area contributed by atoms with Crippen LogP contribution in [0.25, 0.3) is 5.76 Å². The second kappa shape index (κ2) is 12.1. The molecule has 2 aliphatic heterocycles. The number of benzene rings is 2. The van der Waals surface area contributed by atoms with Gasteiger partial charge in [-0.05, 0) is 48.7 Å². The van der Waals surface area contributed by atoms with Gasteiger partial charge in [0.2, 0.25) is 0 Å². The van der Waals surface area contributed by atoms with Crippen LogP contribution in [0.2, 0.25) is 0 Å². The molecule has 1 saturated heterocycles. The summed E-state index contributed by atoms with van der Waals surface area (Å²) in [7, 11) is 1.54. The average Bonchev–Trinajstić information content (AvgIpc) is 3.59.